The summed E-state index contributed by atoms with van der Waals surface area (Å²) in [5.41, 5.74) is 0.757. The lowest BCUT2D eigenvalue weighted by Crippen LogP contribution is -1.93. The smallest absolute Gasteiger partial charge is 0.273 e. The predicted molar refractivity (Wildman–Crippen MR) is 84.6 cm³/mol. The Morgan fingerprint density at radius 2 is 1.90 bits per heavy atom. The van der Waals surface area contributed by atoms with E-state index >= 15 is 0 Å². The van der Waals surface area contributed by atoms with Crippen LogP contribution in [0, 0.1) is 10.1 Å². The van der Waals surface area contributed by atoms with E-state index in [-0.39, 0.29) is 11.6 Å². The fourth-order valence-electron chi connectivity index (χ4n) is 1.55. The molecule has 2 rings (SSSR count). The Bertz CT molecular complexity index is 664. The number of ether oxygens (including phenoxy) is 1. The average Bonchev–Trinajstić information content (AvgIpc) is 2.42. The second-order valence-corrected chi connectivity index (χ2v) is 5.90. The molecule has 0 aromatic heterocycles. The first-order chi connectivity index (χ1) is 9.51. The van der Waals surface area contributed by atoms with E-state index in [0.29, 0.717) is 16.0 Å². The van der Waals surface area contributed by atoms with Crippen molar-refractivity contribution >= 4 is 49.1 Å². The van der Waals surface area contributed by atoms with Crippen molar-refractivity contribution in [2.24, 2.45) is 0 Å². The van der Waals surface area contributed by atoms with Crippen molar-refractivity contribution in [2.45, 2.75) is 5.88 Å². The third kappa shape index (κ3) is 3.50. The van der Waals surface area contributed by atoms with Crippen molar-refractivity contribution in [3.05, 3.63) is 61.0 Å². The molecule has 0 saturated carbocycles. The highest BCUT2D eigenvalue weighted by atomic mass is 79.9. The van der Waals surface area contributed by atoms with Crippen molar-refractivity contribution in [1.29, 1.82) is 0 Å². The molecule has 104 valence electrons. The van der Waals surface area contributed by atoms with Crippen LogP contribution in [0.2, 0.25) is 0 Å². The largest absolute Gasteiger partial charge is 0.456 e. The molecule has 2 aromatic carbocycles. The summed E-state index contributed by atoms with van der Waals surface area (Å²) in [7, 11) is 0. The van der Waals surface area contributed by atoms with E-state index in [9.17, 15) is 10.1 Å². The minimum atomic E-state index is -0.469. The van der Waals surface area contributed by atoms with Gasteiger partial charge in [-0.2, -0.15) is 0 Å². The Balaban J connectivity index is 2.39. The molecular weight excluding hydrogens is 413 g/mol. The molecule has 0 N–H and O–H groups in total. The number of non-ortho nitro benzene ring substituents is 1. The van der Waals surface area contributed by atoms with Gasteiger partial charge >= 0.3 is 0 Å². The number of benzene rings is 2. The molecule has 0 aliphatic rings. The molecule has 0 heterocycles. The summed E-state index contributed by atoms with van der Waals surface area (Å²) < 4.78 is 7.24. The highest BCUT2D eigenvalue weighted by molar-refractivity contribution is 9.10. The van der Waals surface area contributed by atoms with Gasteiger partial charge in [0.05, 0.1) is 21.3 Å². The van der Waals surface area contributed by atoms with E-state index in [2.05, 4.69) is 31.9 Å². The molecule has 0 fully saturated rings. The van der Waals surface area contributed by atoms with E-state index < -0.39 is 4.92 Å². The zero-order chi connectivity index (χ0) is 14.7. The number of nitro groups is 1. The molecule has 0 aliphatic carbocycles. The van der Waals surface area contributed by atoms with Gasteiger partial charge in [-0.1, -0.05) is 15.9 Å². The summed E-state index contributed by atoms with van der Waals surface area (Å²) in [5, 5.41) is 10.8. The molecule has 0 unspecified atom stereocenters. The van der Waals surface area contributed by atoms with Crippen LogP contribution >= 0.6 is 43.5 Å². The van der Waals surface area contributed by atoms with Gasteiger partial charge in [0.2, 0.25) is 0 Å². The molecule has 0 amide bonds. The molecular formula is C13H8Br2ClNO3. The molecule has 7 heteroatoms. The number of halogens is 3. The maximum atomic E-state index is 10.8. The molecule has 0 atom stereocenters. The lowest BCUT2D eigenvalue weighted by Gasteiger charge is -2.11. The van der Waals surface area contributed by atoms with E-state index in [1.807, 2.05) is 12.1 Å². The van der Waals surface area contributed by atoms with Gasteiger partial charge in [0.25, 0.3) is 5.69 Å². The van der Waals surface area contributed by atoms with Crippen LogP contribution < -0.4 is 4.74 Å². The van der Waals surface area contributed by atoms with E-state index in [1.54, 1.807) is 12.1 Å². The van der Waals surface area contributed by atoms with Crippen LogP contribution in [0.1, 0.15) is 5.56 Å². The van der Waals surface area contributed by atoms with Gasteiger partial charge < -0.3 is 4.74 Å². The lowest BCUT2D eigenvalue weighted by molar-refractivity contribution is -0.384. The zero-order valence-electron chi connectivity index (χ0n) is 9.98. The second-order valence-electron chi connectivity index (χ2n) is 3.86. The predicted octanol–water partition coefficient (Wildman–Crippen LogP) is 5.65. The summed E-state index contributed by atoms with van der Waals surface area (Å²) in [6, 6.07) is 9.76. The highest BCUT2D eigenvalue weighted by Gasteiger charge is 2.13. The average molecular weight is 421 g/mol. The van der Waals surface area contributed by atoms with Crippen molar-refractivity contribution in [2.75, 3.05) is 0 Å². The van der Waals surface area contributed by atoms with Crippen LogP contribution in [-0.2, 0) is 5.88 Å². The number of nitrogens with zero attached hydrogens (tertiary/aromatic N) is 1. The highest BCUT2D eigenvalue weighted by Crippen LogP contribution is 2.35. The van der Waals surface area contributed by atoms with E-state index in [4.69, 9.17) is 16.3 Å². The molecule has 0 radical (unpaired) electrons. The van der Waals surface area contributed by atoms with Crippen LogP contribution in [0.5, 0.6) is 11.5 Å². The Hall–Kier alpha value is -1.11. The fourth-order valence-corrected chi connectivity index (χ4v) is 2.50. The monoisotopic (exact) mass is 419 g/mol. The standard InChI is InChI=1S/C13H8Br2ClNO3/c14-9-1-4-12(8(5-9)7-16)20-13-6-10(17(18)19)2-3-11(13)15/h1-6H,7H2. The first kappa shape index (κ1) is 15.3. The molecule has 0 aliphatic heterocycles. The molecule has 2 aromatic rings. The maximum absolute atomic E-state index is 10.8. The lowest BCUT2D eigenvalue weighted by atomic mass is 10.2. The van der Waals surface area contributed by atoms with Crippen molar-refractivity contribution in [3.63, 3.8) is 0 Å². The van der Waals surface area contributed by atoms with Gasteiger partial charge in [-0.05, 0) is 40.2 Å². The van der Waals surface area contributed by atoms with E-state index in [1.165, 1.54) is 12.1 Å². The van der Waals surface area contributed by atoms with Gasteiger partial charge in [0, 0.05) is 16.1 Å². The first-order valence-corrected chi connectivity index (χ1v) is 7.59. The Kier molecular flexibility index (Phi) is 5.01. The van der Waals surface area contributed by atoms with Gasteiger partial charge in [0.1, 0.15) is 11.5 Å². The Labute approximate surface area is 137 Å². The van der Waals surface area contributed by atoms with Crippen molar-refractivity contribution in [3.8, 4) is 11.5 Å². The summed E-state index contributed by atoms with van der Waals surface area (Å²) in [4.78, 5) is 10.3. The van der Waals surface area contributed by atoms with E-state index in [0.717, 1.165) is 10.0 Å². The molecule has 4 nitrogen and oxygen atoms in total. The van der Waals surface area contributed by atoms with Crippen molar-refractivity contribution < 1.29 is 9.66 Å². The van der Waals surface area contributed by atoms with Crippen LogP contribution in [0.4, 0.5) is 5.69 Å². The van der Waals surface area contributed by atoms with Crippen LogP contribution in [-0.4, -0.2) is 4.92 Å². The summed E-state index contributed by atoms with van der Waals surface area (Å²) >= 11 is 12.5. The third-order valence-corrected chi connectivity index (χ3v) is 3.95. The fraction of sp³-hybridized carbons (Fsp3) is 0.0769. The molecule has 0 bridgehead atoms. The first-order valence-electron chi connectivity index (χ1n) is 5.47. The topological polar surface area (TPSA) is 52.4 Å². The van der Waals surface area contributed by atoms with Gasteiger partial charge in [-0.15, -0.1) is 11.6 Å². The SMILES string of the molecule is O=[N+]([O-])c1ccc(Br)c(Oc2ccc(Br)cc2CCl)c1. The van der Waals surface area contributed by atoms with Gasteiger partial charge in [-0.25, -0.2) is 0 Å². The molecule has 20 heavy (non-hydrogen) atoms. The summed E-state index contributed by atoms with van der Waals surface area (Å²) in [5.74, 6) is 1.21. The summed E-state index contributed by atoms with van der Waals surface area (Å²) in [6.07, 6.45) is 0. The number of hydrogen-bond acceptors (Lipinski definition) is 3. The Morgan fingerprint density at radius 1 is 1.15 bits per heavy atom. The minimum absolute atomic E-state index is 0.0345. The van der Waals surface area contributed by atoms with Crippen LogP contribution in [0.3, 0.4) is 0 Å². The molecule has 0 saturated heterocycles. The number of rotatable bonds is 4. The maximum Gasteiger partial charge on any atom is 0.273 e. The third-order valence-electron chi connectivity index (χ3n) is 2.51. The second kappa shape index (κ2) is 6.56. The zero-order valence-corrected chi connectivity index (χ0v) is 13.9. The van der Waals surface area contributed by atoms with Crippen LogP contribution in [0.15, 0.2) is 45.3 Å². The van der Waals surface area contributed by atoms with Crippen LogP contribution in [0.25, 0.3) is 0 Å². The number of hydrogen-bond donors (Lipinski definition) is 0. The van der Waals surface area contributed by atoms with Gasteiger partial charge in [-0.3, -0.25) is 10.1 Å². The van der Waals surface area contributed by atoms with Gasteiger partial charge in [0.15, 0.2) is 0 Å². The minimum Gasteiger partial charge on any atom is -0.456 e. The number of nitro benzene ring substituents is 1. The quantitative estimate of drug-likeness (QED) is 0.364. The molecule has 0 spiro atoms. The number of alkyl halides is 1. The normalized spacial score (nSPS) is 10.3. The van der Waals surface area contributed by atoms with Crippen molar-refractivity contribution in [1.82, 2.24) is 0 Å². The summed E-state index contributed by atoms with van der Waals surface area (Å²) in [6.45, 7) is 0. The Morgan fingerprint density at radius 3 is 2.55 bits per heavy atom.